The van der Waals surface area contributed by atoms with E-state index in [1.807, 2.05) is 0 Å². The number of piperidine rings is 1. The fourth-order valence-corrected chi connectivity index (χ4v) is 6.36. The monoisotopic (exact) mass is 497 g/mol. The first-order chi connectivity index (χ1) is 17.8. The summed E-state index contributed by atoms with van der Waals surface area (Å²) in [5.74, 6) is 2.19. The first-order valence-electron chi connectivity index (χ1n) is 13.9. The van der Waals surface area contributed by atoms with Gasteiger partial charge in [-0.1, -0.05) is 60.7 Å². The van der Waals surface area contributed by atoms with E-state index in [-0.39, 0.29) is 5.60 Å². The van der Waals surface area contributed by atoms with Crippen molar-refractivity contribution in [3.8, 4) is 5.75 Å². The molecular weight excluding hydrogens is 454 g/mol. The summed E-state index contributed by atoms with van der Waals surface area (Å²) in [4.78, 5) is 2.61. The van der Waals surface area contributed by atoms with Crippen LogP contribution in [0.2, 0.25) is 0 Å². The lowest BCUT2D eigenvalue weighted by Gasteiger charge is -2.37. The highest BCUT2D eigenvalue weighted by Crippen LogP contribution is 2.44. The lowest BCUT2D eigenvalue weighted by molar-refractivity contribution is 0.0474. The number of benzene rings is 3. The van der Waals surface area contributed by atoms with E-state index >= 15 is 0 Å². The summed E-state index contributed by atoms with van der Waals surface area (Å²) in [7, 11) is 0. The van der Waals surface area contributed by atoms with Crippen LogP contribution in [0, 0.1) is 26.7 Å². The summed E-state index contributed by atoms with van der Waals surface area (Å²) in [5, 5.41) is 3.83. The lowest BCUT2D eigenvalue weighted by Crippen LogP contribution is -2.48. The van der Waals surface area contributed by atoms with E-state index in [1.54, 1.807) is 0 Å². The van der Waals surface area contributed by atoms with Crippen molar-refractivity contribution in [1.29, 1.82) is 0 Å². The summed E-state index contributed by atoms with van der Waals surface area (Å²) in [6.07, 6.45) is 3.42. The van der Waals surface area contributed by atoms with Gasteiger partial charge in [0, 0.05) is 36.7 Å². The van der Waals surface area contributed by atoms with Crippen LogP contribution in [-0.2, 0) is 6.42 Å². The SMILES string of the molecule is Cc1c(C)c2c(c(C)c1N)CC(C)(CN1CCC(CNCC(c3ccccc3)c3ccccc3)CC1)O2. The molecule has 1 atom stereocenters. The molecule has 0 amide bonds. The van der Waals surface area contributed by atoms with Gasteiger partial charge < -0.3 is 15.8 Å². The van der Waals surface area contributed by atoms with E-state index in [2.05, 4.69) is 98.6 Å². The fraction of sp³-hybridized carbons (Fsp3) is 0.455. The molecule has 0 aliphatic carbocycles. The number of hydrogen-bond donors (Lipinski definition) is 2. The largest absolute Gasteiger partial charge is 0.485 e. The van der Waals surface area contributed by atoms with Crippen molar-refractivity contribution in [3.05, 3.63) is 94.0 Å². The van der Waals surface area contributed by atoms with Gasteiger partial charge in [0.05, 0.1) is 0 Å². The van der Waals surface area contributed by atoms with Crippen LogP contribution < -0.4 is 15.8 Å². The van der Waals surface area contributed by atoms with Gasteiger partial charge in [0.1, 0.15) is 11.4 Å². The molecule has 0 saturated carbocycles. The average molecular weight is 498 g/mol. The maximum absolute atomic E-state index is 6.64. The Morgan fingerprint density at radius 3 is 2.11 bits per heavy atom. The van der Waals surface area contributed by atoms with Crippen molar-refractivity contribution in [3.63, 3.8) is 0 Å². The number of likely N-dealkylation sites (tertiary alicyclic amines) is 1. The minimum absolute atomic E-state index is 0.179. The van der Waals surface area contributed by atoms with Crippen molar-refractivity contribution in [1.82, 2.24) is 10.2 Å². The van der Waals surface area contributed by atoms with Crippen LogP contribution in [0.3, 0.4) is 0 Å². The Kier molecular flexibility index (Phi) is 7.60. The van der Waals surface area contributed by atoms with Gasteiger partial charge in [0.25, 0.3) is 0 Å². The Balaban J connectivity index is 1.13. The molecule has 3 aromatic rings. The zero-order valence-corrected chi connectivity index (χ0v) is 23.0. The first kappa shape index (κ1) is 25.8. The van der Waals surface area contributed by atoms with Crippen LogP contribution >= 0.6 is 0 Å². The Morgan fingerprint density at radius 1 is 0.919 bits per heavy atom. The zero-order chi connectivity index (χ0) is 26.0. The second-order valence-electron chi connectivity index (χ2n) is 11.6. The predicted octanol–water partition coefficient (Wildman–Crippen LogP) is 6.02. The molecule has 3 aromatic carbocycles. The standard InChI is InChI=1S/C33H43N3O/c1-23-24(2)32-29(25(3)31(23)34)19-33(4,37-32)22-36-17-15-26(16-18-36)20-35-21-30(27-11-7-5-8-12-27)28-13-9-6-10-14-28/h5-14,26,30,35H,15-22,34H2,1-4H3. The highest BCUT2D eigenvalue weighted by atomic mass is 16.5. The zero-order valence-electron chi connectivity index (χ0n) is 23.0. The molecule has 4 nitrogen and oxygen atoms in total. The molecule has 37 heavy (non-hydrogen) atoms. The molecule has 1 saturated heterocycles. The molecular formula is C33H43N3O. The number of nitrogens with one attached hydrogen (secondary N) is 1. The first-order valence-corrected chi connectivity index (χ1v) is 13.9. The summed E-state index contributed by atoms with van der Waals surface area (Å²) < 4.78 is 6.64. The molecule has 0 aromatic heterocycles. The quantitative estimate of drug-likeness (QED) is 0.374. The molecule has 2 heterocycles. The molecule has 5 rings (SSSR count). The van der Waals surface area contributed by atoms with Gasteiger partial charge in [-0.15, -0.1) is 0 Å². The molecule has 0 radical (unpaired) electrons. The summed E-state index contributed by atoms with van der Waals surface area (Å²) in [5.41, 5.74) is 14.8. The molecule has 0 bridgehead atoms. The number of nitrogens with zero attached hydrogens (tertiary/aromatic N) is 1. The third kappa shape index (κ3) is 5.56. The van der Waals surface area contributed by atoms with E-state index in [0.717, 1.165) is 62.1 Å². The normalized spacial score (nSPS) is 20.2. The molecule has 2 aliphatic rings. The van der Waals surface area contributed by atoms with E-state index in [1.165, 1.54) is 40.7 Å². The van der Waals surface area contributed by atoms with E-state index in [4.69, 9.17) is 10.5 Å². The number of nitrogen functional groups attached to an aromatic ring is 1. The third-order valence-corrected chi connectivity index (χ3v) is 8.79. The summed E-state index contributed by atoms with van der Waals surface area (Å²) in [6, 6.07) is 21.8. The second kappa shape index (κ2) is 10.9. The predicted molar refractivity (Wildman–Crippen MR) is 155 cm³/mol. The van der Waals surface area contributed by atoms with E-state index in [0.29, 0.717) is 5.92 Å². The number of anilines is 1. The average Bonchev–Trinajstić information content (AvgIpc) is 3.28. The van der Waals surface area contributed by atoms with E-state index < -0.39 is 0 Å². The van der Waals surface area contributed by atoms with Crippen molar-refractivity contribution in [2.75, 3.05) is 38.5 Å². The number of ether oxygens (including phenoxy) is 1. The van der Waals surface area contributed by atoms with Gasteiger partial charge in [-0.05, 0) is 93.9 Å². The number of hydrogen-bond acceptors (Lipinski definition) is 4. The van der Waals surface area contributed by atoms with Gasteiger partial charge >= 0.3 is 0 Å². The van der Waals surface area contributed by atoms with Crippen LogP contribution in [0.4, 0.5) is 5.69 Å². The Hall–Kier alpha value is -2.82. The number of rotatable bonds is 8. The summed E-state index contributed by atoms with van der Waals surface area (Å²) in [6.45, 7) is 14.0. The molecule has 2 aliphatic heterocycles. The highest BCUT2D eigenvalue weighted by Gasteiger charge is 2.39. The van der Waals surface area contributed by atoms with Crippen LogP contribution in [0.25, 0.3) is 0 Å². The van der Waals surface area contributed by atoms with Crippen LogP contribution in [0.5, 0.6) is 5.75 Å². The molecule has 3 N–H and O–H groups in total. The number of fused-ring (bicyclic) bond motifs is 1. The minimum atomic E-state index is -0.179. The van der Waals surface area contributed by atoms with Crippen LogP contribution in [-0.4, -0.2) is 43.2 Å². The molecule has 196 valence electrons. The maximum Gasteiger partial charge on any atom is 0.127 e. The smallest absolute Gasteiger partial charge is 0.127 e. The van der Waals surface area contributed by atoms with Crippen molar-refractivity contribution < 1.29 is 4.74 Å². The topological polar surface area (TPSA) is 50.5 Å². The molecule has 4 heteroatoms. The molecule has 1 unspecified atom stereocenters. The minimum Gasteiger partial charge on any atom is -0.485 e. The molecule has 1 fully saturated rings. The molecule has 0 spiro atoms. The van der Waals surface area contributed by atoms with Gasteiger partial charge in [-0.2, -0.15) is 0 Å². The van der Waals surface area contributed by atoms with Gasteiger partial charge in [0.15, 0.2) is 0 Å². The van der Waals surface area contributed by atoms with Crippen molar-refractivity contribution in [2.45, 2.75) is 58.5 Å². The fourth-order valence-electron chi connectivity index (χ4n) is 6.36. The van der Waals surface area contributed by atoms with E-state index in [9.17, 15) is 0 Å². The van der Waals surface area contributed by atoms with Crippen molar-refractivity contribution in [2.24, 2.45) is 5.92 Å². The highest BCUT2D eigenvalue weighted by molar-refractivity contribution is 5.66. The van der Waals surface area contributed by atoms with Crippen LogP contribution in [0.1, 0.15) is 59.1 Å². The van der Waals surface area contributed by atoms with Crippen molar-refractivity contribution >= 4 is 5.69 Å². The second-order valence-corrected chi connectivity index (χ2v) is 11.6. The van der Waals surface area contributed by atoms with Gasteiger partial charge in [-0.25, -0.2) is 0 Å². The lowest BCUT2D eigenvalue weighted by atomic mass is 9.90. The third-order valence-electron chi connectivity index (χ3n) is 8.79. The Morgan fingerprint density at radius 2 is 1.51 bits per heavy atom. The van der Waals surface area contributed by atoms with Gasteiger partial charge in [0.2, 0.25) is 0 Å². The summed E-state index contributed by atoms with van der Waals surface area (Å²) >= 11 is 0. The van der Waals surface area contributed by atoms with Crippen LogP contribution in [0.15, 0.2) is 60.7 Å². The Labute approximate surface area is 223 Å². The van der Waals surface area contributed by atoms with Gasteiger partial charge in [-0.3, -0.25) is 4.90 Å². The Bertz CT molecular complexity index is 1120. The number of nitrogens with two attached hydrogens (primary N) is 1. The maximum atomic E-state index is 6.64.